The maximum atomic E-state index is 11.1. The molecule has 1 aromatic heterocycles. The fourth-order valence-electron chi connectivity index (χ4n) is 1.62. The lowest BCUT2D eigenvalue weighted by atomic mass is 10.2. The molecule has 88 valence electrons. The quantitative estimate of drug-likeness (QED) is 0.751. The van der Waals surface area contributed by atoms with Crippen molar-refractivity contribution in [2.24, 2.45) is 0 Å². The molecule has 0 radical (unpaired) electrons. The average Bonchev–Trinajstić information content (AvgIpc) is 2.81. The highest BCUT2D eigenvalue weighted by Crippen LogP contribution is 2.17. The van der Waals surface area contributed by atoms with Gasteiger partial charge in [0.2, 0.25) is 0 Å². The monoisotopic (exact) mass is 231 g/mol. The van der Waals surface area contributed by atoms with Crippen molar-refractivity contribution in [1.29, 1.82) is 0 Å². The van der Waals surface area contributed by atoms with E-state index in [0.717, 1.165) is 12.0 Å². The van der Waals surface area contributed by atoms with Gasteiger partial charge >= 0.3 is 0 Å². The number of hydrogen-bond acceptors (Lipinski definition) is 4. The van der Waals surface area contributed by atoms with Crippen LogP contribution in [0.15, 0.2) is 24.3 Å². The number of nitrogens with zero attached hydrogens (tertiary/aromatic N) is 3. The van der Waals surface area contributed by atoms with Crippen LogP contribution >= 0.6 is 0 Å². The second kappa shape index (κ2) is 4.78. The van der Waals surface area contributed by atoms with Crippen LogP contribution in [0.3, 0.4) is 0 Å². The van der Waals surface area contributed by atoms with Crippen LogP contribution in [-0.2, 0) is 6.42 Å². The van der Waals surface area contributed by atoms with Gasteiger partial charge in [-0.1, -0.05) is 18.2 Å². The Morgan fingerprint density at radius 2 is 2.29 bits per heavy atom. The number of hydrogen-bond donors (Lipinski definition) is 0. The Hall–Kier alpha value is -2.17. The number of ether oxygens (including phenoxy) is 1. The number of aryl methyl sites for hydroxylation is 1. The van der Waals surface area contributed by atoms with Crippen LogP contribution in [0.25, 0.3) is 5.69 Å². The maximum Gasteiger partial charge on any atom is 0.170 e. The molecule has 0 aliphatic rings. The van der Waals surface area contributed by atoms with Gasteiger partial charge in [-0.3, -0.25) is 4.79 Å². The van der Waals surface area contributed by atoms with Crippen LogP contribution in [0.4, 0.5) is 0 Å². The van der Waals surface area contributed by atoms with Gasteiger partial charge in [0.15, 0.2) is 6.29 Å². The molecule has 0 saturated heterocycles. The second-order valence-corrected chi connectivity index (χ2v) is 3.51. The molecule has 0 saturated carbocycles. The van der Waals surface area contributed by atoms with Gasteiger partial charge in [-0.15, -0.1) is 5.10 Å². The van der Waals surface area contributed by atoms with E-state index in [4.69, 9.17) is 4.74 Å². The van der Waals surface area contributed by atoms with E-state index in [1.807, 2.05) is 25.1 Å². The van der Waals surface area contributed by atoms with Crippen molar-refractivity contribution in [2.45, 2.75) is 13.3 Å². The predicted molar refractivity (Wildman–Crippen MR) is 62.7 cm³/mol. The summed E-state index contributed by atoms with van der Waals surface area (Å²) in [6.07, 6.45) is 1.45. The van der Waals surface area contributed by atoms with E-state index in [0.29, 0.717) is 23.6 Å². The Kier molecular flexibility index (Phi) is 3.18. The largest absolute Gasteiger partial charge is 0.497 e. The van der Waals surface area contributed by atoms with E-state index < -0.39 is 0 Å². The molecule has 0 spiro atoms. The summed E-state index contributed by atoms with van der Waals surface area (Å²) < 4.78 is 6.66. The molecule has 0 fully saturated rings. The van der Waals surface area contributed by atoms with Gasteiger partial charge in [0.25, 0.3) is 0 Å². The summed E-state index contributed by atoms with van der Waals surface area (Å²) >= 11 is 0. The third-order valence-electron chi connectivity index (χ3n) is 2.52. The fourth-order valence-corrected chi connectivity index (χ4v) is 1.62. The lowest BCUT2D eigenvalue weighted by Gasteiger charge is -2.05. The van der Waals surface area contributed by atoms with Crippen molar-refractivity contribution in [3.05, 3.63) is 35.7 Å². The Bertz CT molecular complexity index is 534. The number of carbonyl (C=O) groups excluding carboxylic acids is 1. The van der Waals surface area contributed by atoms with Gasteiger partial charge in [0, 0.05) is 6.07 Å². The molecule has 5 heteroatoms. The zero-order valence-corrected chi connectivity index (χ0v) is 9.75. The van der Waals surface area contributed by atoms with E-state index in [9.17, 15) is 4.79 Å². The minimum atomic E-state index is 0.487. The first-order chi connectivity index (χ1) is 8.30. The van der Waals surface area contributed by atoms with Crippen molar-refractivity contribution in [3.8, 4) is 11.4 Å². The zero-order chi connectivity index (χ0) is 12.3. The van der Waals surface area contributed by atoms with E-state index in [1.165, 1.54) is 4.68 Å². The SMILES string of the molecule is CCc1nnn(-c2cccc(OC)c2)c1C=O. The van der Waals surface area contributed by atoms with Crippen LogP contribution in [0.2, 0.25) is 0 Å². The van der Waals surface area contributed by atoms with E-state index in [1.54, 1.807) is 13.2 Å². The normalized spacial score (nSPS) is 10.2. The molecular weight excluding hydrogens is 218 g/mol. The lowest BCUT2D eigenvalue weighted by molar-refractivity contribution is 0.111. The highest BCUT2D eigenvalue weighted by atomic mass is 16.5. The summed E-state index contributed by atoms with van der Waals surface area (Å²) in [6, 6.07) is 7.34. The molecule has 1 aromatic carbocycles. The molecule has 17 heavy (non-hydrogen) atoms. The standard InChI is InChI=1S/C12H13N3O2/c1-3-11-12(8-16)15(14-13-11)9-5-4-6-10(7-9)17-2/h4-8H,3H2,1-2H3. The Morgan fingerprint density at radius 3 is 2.94 bits per heavy atom. The van der Waals surface area contributed by atoms with Crippen molar-refractivity contribution < 1.29 is 9.53 Å². The third kappa shape index (κ3) is 2.04. The summed E-state index contributed by atoms with van der Waals surface area (Å²) in [5, 5.41) is 7.96. The third-order valence-corrected chi connectivity index (χ3v) is 2.52. The first kappa shape index (κ1) is 11.3. The molecule has 0 aliphatic carbocycles. The summed E-state index contributed by atoms with van der Waals surface area (Å²) in [7, 11) is 1.60. The minimum Gasteiger partial charge on any atom is -0.497 e. The van der Waals surface area contributed by atoms with Gasteiger partial charge in [-0.25, -0.2) is 4.68 Å². The summed E-state index contributed by atoms with van der Waals surface area (Å²) in [4.78, 5) is 11.1. The molecule has 2 rings (SSSR count). The molecule has 0 amide bonds. The second-order valence-electron chi connectivity index (χ2n) is 3.51. The van der Waals surface area contributed by atoms with Crippen LogP contribution in [-0.4, -0.2) is 28.4 Å². The predicted octanol–water partition coefficient (Wildman–Crippen LogP) is 1.65. The minimum absolute atomic E-state index is 0.487. The van der Waals surface area contributed by atoms with Crippen molar-refractivity contribution >= 4 is 6.29 Å². The maximum absolute atomic E-state index is 11.1. The fraction of sp³-hybridized carbons (Fsp3) is 0.250. The highest BCUT2D eigenvalue weighted by molar-refractivity contribution is 5.74. The topological polar surface area (TPSA) is 57.0 Å². The zero-order valence-electron chi connectivity index (χ0n) is 9.75. The highest BCUT2D eigenvalue weighted by Gasteiger charge is 2.12. The van der Waals surface area contributed by atoms with Crippen LogP contribution in [0.5, 0.6) is 5.75 Å². The Balaban J connectivity index is 2.52. The Labute approximate surface area is 99.0 Å². The number of methoxy groups -OCH3 is 1. The van der Waals surface area contributed by atoms with E-state index in [2.05, 4.69) is 10.3 Å². The summed E-state index contributed by atoms with van der Waals surface area (Å²) in [5.74, 6) is 0.716. The van der Waals surface area contributed by atoms with Gasteiger partial charge < -0.3 is 4.74 Å². The molecular formula is C12H13N3O2. The van der Waals surface area contributed by atoms with Gasteiger partial charge in [0.05, 0.1) is 18.5 Å². The average molecular weight is 231 g/mol. The summed E-state index contributed by atoms with van der Waals surface area (Å²) in [6.45, 7) is 1.94. The van der Waals surface area contributed by atoms with E-state index >= 15 is 0 Å². The van der Waals surface area contributed by atoms with Crippen LogP contribution < -0.4 is 4.74 Å². The molecule has 0 aliphatic heterocycles. The first-order valence-electron chi connectivity index (χ1n) is 5.34. The van der Waals surface area contributed by atoms with Crippen LogP contribution in [0.1, 0.15) is 23.1 Å². The molecule has 0 bridgehead atoms. The van der Waals surface area contributed by atoms with Gasteiger partial charge in [-0.05, 0) is 18.6 Å². The first-order valence-corrected chi connectivity index (χ1v) is 5.34. The summed E-state index contributed by atoms with van der Waals surface area (Å²) in [5.41, 5.74) is 1.95. The number of aldehydes is 1. The molecule has 5 nitrogen and oxygen atoms in total. The number of benzene rings is 1. The van der Waals surface area contributed by atoms with Gasteiger partial charge in [-0.2, -0.15) is 0 Å². The number of rotatable bonds is 4. The van der Waals surface area contributed by atoms with E-state index in [-0.39, 0.29) is 0 Å². The van der Waals surface area contributed by atoms with Gasteiger partial charge in [0.1, 0.15) is 11.4 Å². The molecule has 0 atom stereocenters. The molecule has 1 heterocycles. The molecule has 0 unspecified atom stereocenters. The van der Waals surface area contributed by atoms with Crippen molar-refractivity contribution in [2.75, 3.05) is 7.11 Å². The van der Waals surface area contributed by atoms with Crippen molar-refractivity contribution in [3.63, 3.8) is 0 Å². The van der Waals surface area contributed by atoms with Crippen LogP contribution in [0, 0.1) is 0 Å². The lowest BCUT2D eigenvalue weighted by Crippen LogP contribution is -2.02. The Morgan fingerprint density at radius 1 is 1.47 bits per heavy atom. The number of carbonyl (C=O) groups is 1. The number of aromatic nitrogens is 3. The molecule has 2 aromatic rings. The molecule has 0 N–H and O–H groups in total. The smallest absolute Gasteiger partial charge is 0.170 e. The van der Waals surface area contributed by atoms with Crippen molar-refractivity contribution in [1.82, 2.24) is 15.0 Å².